The molecule has 0 aromatic heterocycles. The van der Waals surface area contributed by atoms with Crippen molar-refractivity contribution < 1.29 is 18.3 Å². The highest BCUT2D eigenvalue weighted by atomic mass is 19.1. The number of anilines is 1. The third-order valence-electron chi connectivity index (χ3n) is 2.62. The molecular weight excluding hydrogens is 230 g/mol. The van der Waals surface area contributed by atoms with Gasteiger partial charge in [-0.2, -0.15) is 0 Å². The van der Waals surface area contributed by atoms with Gasteiger partial charge in [-0.05, 0) is 6.07 Å². The Hall–Kier alpha value is -1.69. The van der Waals surface area contributed by atoms with E-state index in [2.05, 4.69) is 0 Å². The van der Waals surface area contributed by atoms with E-state index in [1.54, 1.807) is 0 Å². The lowest BCUT2D eigenvalue weighted by Crippen LogP contribution is -2.41. The van der Waals surface area contributed by atoms with Gasteiger partial charge in [-0.1, -0.05) is 0 Å². The molecule has 0 bridgehead atoms. The first kappa shape index (κ1) is 11.8. The summed E-state index contributed by atoms with van der Waals surface area (Å²) in [6, 6.07) is 1.66. The number of rotatable bonds is 1. The predicted octanol–water partition coefficient (Wildman–Crippen LogP) is 1.02. The van der Waals surface area contributed by atoms with E-state index in [9.17, 15) is 13.6 Å². The zero-order chi connectivity index (χ0) is 12.4. The Bertz CT molecular complexity index is 445. The van der Waals surface area contributed by atoms with E-state index < -0.39 is 17.5 Å². The van der Waals surface area contributed by atoms with Crippen LogP contribution in [0.3, 0.4) is 0 Å². The van der Waals surface area contributed by atoms with E-state index in [1.807, 2.05) is 0 Å². The van der Waals surface area contributed by atoms with Gasteiger partial charge < -0.3 is 15.4 Å². The fourth-order valence-corrected chi connectivity index (χ4v) is 1.67. The number of carbonyl (C=O) groups is 1. The molecule has 0 saturated carbocycles. The van der Waals surface area contributed by atoms with Crippen molar-refractivity contribution in [3.63, 3.8) is 0 Å². The second-order valence-corrected chi connectivity index (χ2v) is 3.76. The number of nitrogens with two attached hydrogens (primary N) is 1. The minimum absolute atomic E-state index is 0.203. The monoisotopic (exact) mass is 242 g/mol. The zero-order valence-electron chi connectivity index (χ0n) is 9.08. The Balaban J connectivity index is 2.26. The van der Waals surface area contributed by atoms with Crippen LogP contribution in [0.15, 0.2) is 12.1 Å². The molecule has 1 amide bonds. The maximum Gasteiger partial charge on any atom is 0.257 e. The van der Waals surface area contributed by atoms with Gasteiger partial charge in [0.2, 0.25) is 0 Å². The van der Waals surface area contributed by atoms with E-state index in [1.165, 1.54) is 4.90 Å². The fraction of sp³-hybridized carbons (Fsp3) is 0.364. The van der Waals surface area contributed by atoms with Gasteiger partial charge in [0.25, 0.3) is 5.91 Å². The molecule has 1 heterocycles. The molecule has 17 heavy (non-hydrogen) atoms. The van der Waals surface area contributed by atoms with Crippen molar-refractivity contribution in [2.24, 2.45) is 0 Å². The number of amides is 1. The van der Waals surface area contributed by atoms with Crippen LogP contribution >= 0.6 is 0 Å². The van der Waals surface area contributed by atoms with Crippen LogP contribution in [0.25, 0.3) is 0 Å². The predicted molar refractivity (Wildman–Crippen MR) is 57.5 cm³/mol. The van der Waals surface area contributed by atoms with Crippen LogP contribution in [0, 0.1) is 11.6 Å². The van der Waals surface area contributed by atoms with Crippen LogP contribution in [0.1, 0.15) is 10.4 Å². The Labute approximate surface area is 97.0 Å². The van der Waals surface area contributed by atoms with Gasteiger partial charge in [0.05, 0.1) is 24.5 Å². The summed E-state index contributed by atoms with van der Waals surface area (Å²) >= 11 is 0. The summed E-state index contributed by atoms with van der Waals surface area (Å²) in [5.41, 5.74) is 4.88. The molecule has 0 atom stereocenters. The molecule has 1 saturated heterocycles. The molecular formula is C11H12F2N2O2. The molecule has 0 unspecified atom stereocenters. The summed E-state index contributed by atoms with van der Waals surface area (Å²) < 4.78 is 31.5. The van der Waals surface area contributed by atoms with E-state index in [4.69, 9.17) is 10.5 Å². The average molecular weight is 242 g/mol. The van der Waals surface area contributed by atoms with Gasteiger partial charge in [0, 0.05) is 19.2 Å². The Kier molecular flexibility index (Phi) is 3.23. The molecule has 1 aliphatic rings. The van der Waals surface area contributed by atoms with Gasteiger partial charge in [-0.3, -0.25) is 4.79 Å². The molecule has 1 aromatic rings. The van der Waals surface area contributed by atoms with Gasteiger partial charge in [-0.15, -0.1) is 0 Å². The van der Waals surface area contributed by atoms with Crippen molar-refractivity contribution in [1.82, 2.24) is 4.90 Å². The van der Waals surface area contributed by atoms with Crippen molar-refractivity contribution >= 4 is 11.6 Å². The van der Waals surface area contributed by atoms with Crippen molar-refractivity contribution in [2.75, 3.05) is 32.0 Å². The minimum Gasteiger partial charge on any atom is -0.396 e. The van der Waals surface area contributed by atoms with Crippen LogP contribution in [-0.2, 0) is 4.74 Å². The number of benzene rings is 1. The first-order valence-corrected chi connectivity index (χ1v) is 5.21. The summed E-state index contributed by atoms with van der Waals surface area (Å²) in [6.07, 6.45) is 0. The molecule has 0 spiro atoms. The quantitative estimate of drug-likeness (QED) is 0.748. The van der Waals surface area contributed by atoms with E-state index >= 15 is 0 Å². The number of ether oxygens (including phenoxy) is 1. The number of carbonyl (C=O) groups excluding carboxylic acids is 1. The molecule has 1 fully saturated rings. The lowest BCUT2D eigenvalue weighted by molar-refractivity contribution is 0.0300. The lowest BCUT2D eigenvalue weighted by atomic mass is 10.1. The summed E-state index contributed by atoms with van der Waals surface area (Å²) in [7, 11) is 0. The smallest absolute Gasteiger partial charge is 0.257 e. The van der Waals surface area contributed by atoms with Crippen LogP contribution in [0.2, 0.25) is 0 Å². The van der Waals surface area contributed by atoms with Crippen molar-refractivity contribution in [1.29, 1.82) is 0 Å². The van der Waals surface area contributed by atoms with E-state index in [0.717, 1.165) is 6.07 Å². The Morgan fingerprint density at radius 2 is 1.88 bits per heavy atom. The van der Waals surface area contributed by atoms with Crippen LogP contribution in [-0.4, -0.2) is 37.1 Å². The maximum atomic E-state index is 13.5. The maximum absolute atomic E-state index is 13.5. The van der Waals surface area contributed by atoms with E-state index in [0.29, 0.717) is 32.4 Å². The lowest BCUT2D eigenvalue weighted by Gasteiger charge is -2.27. The molecule has 4 nitrogen and oxygen atoms in total. The second-order valence-electron chi connectivity index (χ2n) is 3.76. The fourth-order valence-electron chi connectivity index (χ4n) is 1.67. The topological polar surface area (TPSA) is 55.6 Å². The Morgan fingerprint density at radius 3 is 2.53 bits per heavy atom. The highest BCUT2D eigenvalue weighted by molar-refractivity contribution is 5.95. The number of hydrogen-bond donors (Lipinski definition) is 1. The first-order valence-electron chi connectivity index (χ1n) is 5.21. The van der Waals surface area contributed by atoms with E-state index in [-0.39, 0.29) is 11.3 Å². The van der Waals surface area contributed by atoms with Crippen molar-refractivity contribution in [3.05, 3.63) is 29.3 Å². The standard InChI is InChI=1S/C11H12F2N2O2/c12-8-6-9(13)10(14)5-7(8)11(16)15-1-3-17-4-2-15/h5-6H,1-4,14H2. The van der Waals surface area contributed by atoms with Gasteiger partial charge in [-0.25, -0.2) is 8.78 Å². The number of halogens is 2. The van der Waals surface area contributed by atoms with Crippen LogP contribution < -0.4 is 5.73 Å². The third-order valence-corrected chi connectivity index (χ3v) is 2.62. The van der Waals surface area contributed by atoms with Crippen molar-refractivity contribution in [3.8, 4) is 0 Å². The number of hydrogen-bond acceptors (Lipinski definition) is 3. The summed E-state index contributed by atoms with van der Waals surface area (Å²) in [5, 5.41) is 0. The van der Waals surface area contributed by atoms with Gasteiger partial charge in [0.1, 0.15) is 11.6 Å². The summed E-state index contributed by atoms with van der Waals surface area (Å²) in [4.78, 5) is 13.4. The minimum atomic E-state index is -0.895. The van der Waals surface area contributed by atoms with Gasteiger partial charge in [0.15, 0.2) is 0 Å². The number of morpholine rings is 1. The first-order chi connectivity index (χ1) is 8.09. The highest BCUT2D eigenvalue weighted by Crippen LogP contribution is 2.18. The third kappa shape index (κ3) is 2.36. The largest absolute Gasteiger partial charge is 0.396 e. The molecule has 0 aliphatic carbocycles. The number of nitrogens with zero attached hydrogens (tertiary/aromatic N) is 1. The Morgan fingerprint density at radius 1 is 1.24 bits per heavy atom. The van der Waals surface area contributed by atoms with Crippen LogP contribution in [0.4, 0.5) is 14.5 Å². The molecule has 2 rings (SSSR count). The summed E-state index contributed by atoms with van der Waals surface area (Å²) in [6.45, 7) is 1.64. The zero-order valence-corrected chi connectivity index (χ0v) is 9.08. The highest BCUT2D eigenvalue weighted by Gasteiger charge is 2.22. The number of nitrogen functional groups attached to an aromatic ring is 1. The molecule has 0 radical (unpaired) electrons. The van der Waals surface area contributed by atoms with Gasteiger partial charge >= 0.3 is 0 Å². The van der Waals surface area contributed by atoms with Crippen molar-refractivity contribution in [2.45, 2.75) is 0 Å². The second kappa shape index (κ2) is 4.67. The average Bonchev–Trinajstić information content (AvgIpc) is 2.34. The molecule has 1 aliphatic heterocycles. The molecule has 6 heteroatoms. The molecule has 92 valence electrons. The molecule has 2 N–H and O–H groups in total. The SMILES string of the molecule is Nc1cc(C(=O)N2CCOCC2)c(F)cc1F. The van der Waals surface area contributed by atoms with Crippen LogP contribution in [0.5, 0.6) is 0 Å². The molecule has 1 aromatic carbocycles. The normalized spacial score (nSPS) is 16.0. The summed E-state index contributed by atoms with van der Waals surface area (Å²) in [5.74, 6) is -2.24.